The molecule has 0 fully saturated rings. The highest BCUT2D eigenvalue weighted by Gasteiger charge is 2.23. The van der Waals surface area contributed by atoms with Gasteiger partial charge in [0.05, 0.1) is 11.4 Å². The minimum absolute atomic E-state index is 0.0413. The van der Waals surface area contributed by atoms with Crippen molar-refractivity contribution in [2.24, 2.45) is 5.41 Å². The Labute approximate surface area is 154 Å². The molecule has 4 nitrogen and oxygen atoms in total. The SMILES string of the molecule is CC(C)(C)CC(=O)Nc1nc2c(cc1F)N(Cc1ccccc1)CCC2. The number of rotatable bonds is 4. The van der Waals surface area contributed by atoms with Gasteiger partial charge in [0.2, 0.25) is 5.91 Å². The summed E-state index contributed by atoms with van der Waals surface area (Å²) in [6.07, 6.45) is 2.09. The number of benzene rings is 1. The number of halogens is 1. The molecule has 0 unspecified atom stereocenters. The van der Waals surface area contributed by atoms with E-state index in [2.05, 4.69) is 27.3 Å². The number of pyridine rings is 1. The van der Waals surface area contributed by atoms with Gasteiger partial charge in [-0.2, -0.15) is 0 Å². The molecule has 1 N–H and O–H groups in total. The van der Waals surface area contributed by atoms with Gasteiger partial charge in [-0.25, -0.2) is 9.37 Å². The average molecular weight is 355 g/mol. The van der Waals surface area contributed by atoms with Crippen LogP contribution in [0, 0.1) is 11.2 Å². The normalized spacial score (nSPS) is 14.1. The summed E-state index contributed by atoms with van der Waals surface area (Å²) in [6.45, 7) is 7.53. The fourth-order valence-corrected chi connectivity index (χ4v) is 3.25. The number of fused-ring (bicyclic) bond motifs is 1. The third-order valence-corrected chi connectivity index (χ3v) is 4.38. The molecule has 0 saturated carbocycles. The monoisotopic (exact) mass is 355 g/mol. The van der Waals surface area contributed by atoms with Crippen molar-refractivity contribution in [1.29, 1.82) is 0 Å². The zero-order valence-corrected chi connectivity index (χ0v) is 15.7. The van der Waals surface area contributed by atoms with Crippen molar-refractivity contribution in [2.45, 2.75) is 46.6 Å². The molecular formula is C21H26FN3O. The maximum atomic E-state index is 14.6. The number of hydrogen-bond donors (Lipinski definition) is 1. The maximum Gasteiger partial charge on any atom is 0.226 e. The van der Waals surface area contributed by atoms with Gasteiger partial charge in [0.15, 0.2) is 11.6 Å². The van der Waals surface area contributed by atoms with Crippen molar-refractivity contribution in [3.8, 4) is 0 Å². The van der Waals surface area contributed by atoms with Gasteiger partial charge in [-0.3, -0.25) is 4.79 Å². The number of aromatic nitrogens is 1. The smallest absolute Gasteiger partial charge is 0.226 e. The van der Waals surface area contributed by atoms with E-state index in [1.165, 1.54) is 11.6 Å². The van der Waals surface area contributed by atoms with E-state index in [9.17, 15) is 9.18 Å². The van der Waals surface area contributed by atoms with Crippen molar-refractivity contribution < 1.29 is 9.18 Å². The van der Waals surface area contributed by atoms with Crippen LogP contribution in [0.3, 0.4) is 0 Å². The zero-order valence-electron chi connectivity index (χ0n) is 15.7. The number of carbonyl (C=O) groups excluding carboxylic acids is 1. The molecule has 138 valence electrons. The lowest BCUT2D eigenvalue weighted by atomic mass is 9.92. The molecule has 0 radical (unpaired) electrons. The number of aryl methyl sites for hydroxylation is 1. The summed E-state index contributed by atoms with van der Waals surface area (Å²) in [6, 6.07) is 11.6. The second kappa shape index (κ2) is 7.44. The fourth-order valence-electron chi connectivity index (χ4n) is 3.25. The average Bonchev–Trinajstić information content (AvgIpc) is 2.55. The Hall–Kier alpha value is -2.43. The van der Waals surface area contributed by atoms with E-state index in [-0.39, 0.29) is 17.1 Å². The second-order valence-corrected chi connectivity index (χ2v) is 8.08. The molecular weight excluding hydrogens is 329 g/mol. The van der Waals surface area contributed by atoms with E-state index in [4.69, 9.17) is 0 Å². The Morgan fingerprint density at radius 1 is 1.27 bits per heavy atom. The molecule has 5 heteroatoms. The molecule has 1 amide bonds. The van der Waals surface area contributed by atoms with E-state index in [0.717, 1.165) is 37.3 Å². The Balaban J connectivity index is 1.80. The standard InChI is InChI=1S/C21H26FN3O/c1-21(2,3)13-19(26)24-20-16(22)12-18-17(23-20)10-7-11-25(18)14-15-8-5-4-6-9-15/h4-6,8-9,12H,7,10-11,13-14H2,1-3H3,(H,23,24,26). The van der Waals surface area contributed by atoms with Crippen LogP contribution in [-0.2, 0) is 17.8 Å². The first-order chi connectivity index (χ1) is 12.3. The third-order valence-electron chi connectivity index (χ3n) is 4.38. The molecule has 0 saturated heterocycles. The third kappa shape index (κ3) is 4.59. The molecule has 0 spiro atoms. The van der Waals surface area contributed by atoms with Gasteiger partial charge in [0.25, 0.3) is 0 Å². The predicted octanol–water partition coefficient (Wildman–Crippen LogP) is 4.55. The number of carbonyl (C=O) groups is 1. The van der Waals surface area contributed by atoms with E-state index in [0.29, 0.717) is 6.42 Å². The summed E-state index contributed by atoms with van der Waals surface area (Å²) in [5.74, 6) is -0.647. The van der Waals surface area contributed by atoms with Crippen molar-refractivity contribution in [1.82, 2.24) is 4.98 Å². The molecule has 2 heterocycles. The quantitative estimate of drug-likeness (QED) is 0.875. The van der Waals surface area contributed by atoms with Gasteiger partial charge in [0.1, 0.15) is 0 Å². The van der Waals surface area contributed by atoms with Crippen LogP contribution in [0.2, 0.25) is 0 Å². The van der Waals surface area contributed by atoms with Crippen LogP contribution in [0.4, 0.5) is 15.9 Å². The predicted molar refractivity (Wildman–Crippen MR) is 103 cm³/mol. The minimum atomic E-state index is -0.481. The lowest BCUT2D eigenvalue weighted by Gasteiger charge is -2.31. The summed E-state index contributed by atoms with van der Waals surface area (Å²) in [5, 5.41) is 2.64. The summed E-state index contributed by atoms with van der Waals surface area (Å²) >= 11 is 0. The Morgan fingerprint density at radius 2 is 2.00 bits per heavy atom. The lowest BCUT2D eigenvalue weighted by molar-refractivity contribution is -0.117. The number of amides is 1. The van der Waals surface area contributed by atoms with E-state index in [1.807, 2.05) is 39.0 Å². The first-order valence-electron chi connectivity index (χ1n) is 9.10. The zero-order chi connectivity index (χ0) is 18.7. The Kier molecular flexibility index (Phi) is 5.25. The van der Waals surface area contributed by atoms with Crippen molar-refractivity contribution in [3.05, 3.63) is 53.5 Å². The van der Waals surface area contributed by atoms with Gasteiger partial charge < -0.3 is 10.2 Å². The van der Waals surface area contributed by atoms with Crippen LogP contribution in [-0.4, -0.2) is 17.4 Å². The first-order valence-corrected chi connectivity index (χ1v) is 9.10. The highest BCUT2D eigenvalue weighted by molar-refractivity contribution is 5.90. The van der Waals surface area contributed by atoms with Crippen LogP contribution in [0.5, 0.6) is 0 Å². The van der Waals surface area contributed by atoms with Crippen LogP contribution in [0.1, 0.15) is 44.9 Å². The largest absolute Gasteiger partial charge is 0.366 e. The maximum absolute atomic E-state index is 14.6. The van der Waals surface area contributed by atoms with Gasteiger partial charge in [-0.1, -0.05) is 51.1 Å². The highest BCUT2D eigenvalue weighted by atomic mass is 19.1. The lowest BCUT2D eigenvalue weighted by Crippen LogP contribution is -2.30. The highest BCUT2D eigenvalue weighted by Crippen LogP contribution is 2.30. The molecule has 26 heavy (non-hydrogen) atoms. The summed E-state index contributed by atoms with van der Waals surface area (Å²) in [5.41, 5.74) is 2.70. The number of anilines is 2. The summed E-state index contributed by atoms with van der Waals surface area (Å²) in [4.78, 5) is 18.7. The van der Waals surface area contributed by atoms with Crippen LogP contribution in [0.15, 0.2) is 36.4 Å². The Bertz CT molecular complexity index is 784. The van der Waals surface area contributed by atoms with Gasteiger partial charge >= 0.3 is 0 Å². The first kappa shape index (κ1) is 18.4. The molecule has 2 aromatic rings. The fraction of sp³-hybridized carbons (Fsp3) is 0.429. The van der Waals surface area contributed by atoms with Crippen molar-refractivity contribution in [2.75, 3.05) is 16.8 Å². The molecule has 0 bridgehead atoms. The molecule has 0 atom stereocenters. The van der Waals surface area contributed by atoms with Crippen LogP contribution in [0.25, 0.3) is 0 Å². The summed E-state index contributed by atoms with van der Waals surface area (Å²) in [7, 11) is 0. The minimum Gasteiger partial charge on any atom is -0.366 e. The number of nitrogens with zero attached hydrogens (tertiary/aromatic N) is 2. The second-order valence-electron chi connectivity index (χ2n) is 8.08. The Morgan fingerprint density at radius 3 is 2.69 bits per heavy atom. The van der Waals surface area contributed by atoms with E-state index in [1.54, 1.807) is 0 Å². The van der Waals surface area contributed by atoms with Crippen molar-refractivity contribution in [3.63, 3.8) is 0 Å². The molecule has 3 rings (SSSR count). The topological polar surface area (TPSA) is 45.2 Å². The summed E-state index contributed by atoms with van der Waals surface area (Å²) < 4.78 is 14.6. The van der Waals surface area contributed by atoms with Crippen molar-refractivity contribution >= 4 is 17.4 Å². The molecule has 1 aliphatic heterocycles. The van der Waals surface area contributed by atoms with E-state index >= 15 is 0 Å². The molecule has 1 aliphatic rings. The van der Waals surface area contributed by atoms with Crippen LogP contribution < -0.4 is 10.2 Å². The number of nitrogens with one attached hydrogen (secondary N) is 1. The number of hydrogen-bond acceptors (Lipinski definition) is 3. The molecule has 1 aromatic carbocycles. The van der Waals surface area contributed by atoms with Gasteiger partial charge in [-0.15, -0.1) is 0 Å². The van der Waals surface area contributed by atoms with Crippen LogP contribution >= 0.6 is 0 Å². The van der Waals surface area contributed by atoms with E-state index < -0.39 is 5.82 Å². The molecule has 1 aromatic heterocycles. The van der Waals surface area contributed by atoms with Gasteiger partial charge in [-0.05, 0) is 23.8 Å². The molecule has 0 aliphatic carbocycles. The van der Waals surface area contributed by atoms with Gasteiger partial charge in [0, 0.05) is 25.6 Å².